The number of amides is 2. The largest absolute Gasteiger partial charge is 0.449 e. The molecule has 3 saturated carbocycles. The highest BCUT2D eigenvalue weighted by Crippen LogP contribution is 2.57. The van der Waals surface area contributed by atoms with E-state index in [2.05, 4.69) is 21.2 Å². The van der Waals surface area contributed by atoms with Gasteiger partial charge in [0.25, 0.3) is 0 Å². The predicted molar refractivity (Wildman–Crippen MR) is 116 cm³/mol. The number of hydrogen-bond acceptors (Lipinski definition) is 3. The molecule has 0 unspecified atom stereocenters. The summed E-state index contributed by atoms with van der Waals surface area (Å²) in [6, 6.07) is 2.38. The van der Waals surface area contributed by atoms with Crippen LogP contribution in [-0.4, -0.2) is 61.8 Å². The first kappa shape index (κ1) is 20.8. The number of halogens is 3. The molecule has 5 aliphatic rings. The molecule has 2 aromatic heterocycles. The van der Waals surface area contributed by atoms with Gasteiger partial charge >= 0.3 is 12.2 Å². The van der Waals surface area contributed by atoms with Gasteiger partial charge in [-0.2, -0.15) is 18.3 Å². The van der Waals surface area contributed by atoms with Crippen LogP contribution in [-0.2, 0) is 12.7 Å². The van der Waals surface area contributed by atoms with E-state index in [0.717, 1.165) is 51.9 Å². The van der Waals surface area contributed by atoms with Crippen LogP contribution in [0.25, 0.3) is 0 Å². The van der Waals surface area contributed by atoms with Gasteiger partial charge in [-0.3, -0.25) is 5.10 Å². The van der Waals surface area contributed by atoms with Crippen LogP contribution in [0.5, 0.6) is 0 Å². The summed E-state index contributed by atoms with van der Waals surface area (Å²) in [4.78, 5) is 20.3. The SMILES string of the molecule is O=C(N1CC2(CC(Cn3ccnc3C(F)(F)F)C2)C1)N1CC2(CC(c3cc(C4CC4)n[nH]3)C2)C1. The number of aromatic amines is 1. The number of nitrogens with one attached hydrogen (secondary N) is 1. The number of alkyl halides is 3. The van der Waals surface area contributed by atoms with Crippen LogP contribution in [0, 0.1) is 16.7 Å². The Hall–Kier alpha value is -2.52. The van der Waals surface area contributed by atoms with Crippen LogP contribution in [0.2, 0.25) is 0 Å². The maximum atomic E-state index is 13.0. The molecule has 0 radical (unpaired) electrons. The maximum absolute atomic E-state index is 13.0. The van der Waals surface area contributed by atoms with Crippen molar-refractivity contribution in [1.82, 2.24) is 29.5 Å². The van der Waals surface area contributed by atoms with Gasteiger partial charge in [0.2, 0.25) is 5.82 Å². The highest BCUT2D eigenvalue weighted by Gasteiger charge is 2.58. The summed E-state index contributed by atoms with van der Waals surface area (Å²) in [6.07, 6.45) is 4.74. The lowest BCUT2D eigenvalue weighted by Crippen LogP contribution is -2.71. The molecule has 34 heavy (non-hydrogen) atoms. The van der Waals surface area contributed by atoms with Crippen molar-refractivity contribution < 1.29 is 18.0 Å². The third-order valence-corrected chi connectivity index (χ3v) is 8.93. The van der Waals surface area contributed by atoms with Crippen LogP contribution in [0.1, 0.15) is 67.6 Å². The number of urea groups is 1. The van der Waals surface area contributed by atoms with Crippen molar-refractivity contribution in [2.75, 3.05) is 26.2 Å². The minimum absolute atomic E-state index is 0.114. The summed E-state index contributed by atoms with van der Waals surface area (Å²) < 4.78 is 40.3. The Balaban J connectivity index is 0.856. The van der Waals surface area contributed by atoms with Gasteiger partial charge in [-0.1, -0.05) is 0 Å². The zero-order valence-corrected chi connectivity index (χ0v) is 19.0. The predicted octanol–water partition coefficient (Wildman–Crippen LogP) is 4.21. The Morgan fingerprint density at radius 1 is 1.03 bits per heavy atom. The molecule has 182 valence electrons. The number of nitrogens with zero attached hydrogens (tertiary/aromatic N) is 5. The first-order chi connectivity index (χ1) is 16.2. The lowest BCUT2D eigenvalue weighted by Gasteiger charge is -2.63. The number of imidazole rings is 1. The van der Waals surface area contributed by atoms with E-state index in [4.69, 9.17) is 0 Å². The third kappa shape index (κ3) is 3.27. The minimum atomic E-state index is -4.42. The van der Waals surface area contributed by atoms with E-state index >= 15 is 0 Å². The molecule has 2 aliphatic heterocycles. The zero-order chi connectivity index (χ0) is 23.3. The second-order valence-electron chi connectivity index (χ2n) is 11.8. The van der Waals surface area contributed by atoms with E-state index in [1.54, 1.807) is 0 Å². The fraction of sp³-hybridized carbons (Fsp3) is 0.708. The Bertz CT molecular complexity index is 1110. The quantitative estimate of drug-likeness (QED) is 0.722. The Kier molecular flexibility index (Phi) is 4.16. The summed E-state index contributed by atoms with van der Waals surface area (Å²) in [5.74, 6) is 0.615. The van der Waals surface area contributed by atoms with Crippen LogP contribution < -0.4 is 0 Å². The van der Waals surface area contributed by atoms with E-state index in [0.29, 0.717) is 18.4 Å². The van der Waals surface area contributed by atoms with Gasteiger partial charge in [0.15, 0.2) is 0 Å². The summed E-state index contributed by atoms with van der Waals surface area (Å²) >= 11 is 0. The van der Waals surface area contributed by atoms with Crippen molar-refractivity contribution in [2.24, 2.45) is 16.7 Å². The number of rotatable bonds is 4. The van der Waals surface area contributed by atoms with Crippen molar-refractivity contribution in [3.8, 4) is 0 Å². The number of likely N-dealkylation sites (tertiary alicyclic amines) is 2. The van der Waals surface area contributed by atoms with E-state index < -0.39 is 12.0 Å². The highest BCUT2D eigenvalue weighted by molar-refractivity contribution is 5.77. The van der Waals surface area contributed by atoms with Crippen LogP contribution in [0.3, 0.4) is 0 Å². The van der Waals surface area contributed by atoms with E-state index in [9.17, 15) is 18.0 Å². The first-order valence-electron chi connectivity index (χ1n) is 12.4. The van der Waals surface area contributed by atoms with E-state index in [1.807, 2.05) is 9.80 Å². The molecule has 2 amide bonds. The molecule has 3 aliphatic carbocycles. The monoisotopic (exact) mass is 474 g/mol. The van der Waals surface area contributed by atoms with Gasteiger partial charge in [-0.15, -0.1) is 0 Å². The minimum Gasteiger partial charge on any atom is -0.327 e. The van der Waals surface area contributed by atoms with Gasteiger partial charge < -0.3 is 14.4 Å². The van der Waals surface area contributed by atoms with Crippen molar-refractivity contribution in [3.05, 3.63) is 35.7 Å². The zero-order valence-electron chi connectivity index (χ0n) is 19.0. The van der Waals surface area contributed by atoms with Crippen LogP contribution >= 0.6 is 0 Å². The van der Waals surface area contributed by atoms with Crippen LogP contribution in [0.4, 0.5) is 18.0 Å². The Morgan fingerprint density at radius 3 is 2.29 bits per heavy atom. The molecule has 2 spiro atoms. The van der Waals surface area contributed by atoms with Gasteiger partial charge in [-0.05, 0) is 50.5 Å². The molecule has 2 aromatic rings. The Morgan fingerprint density at radius 2 is 1.68 bits per heavy atom. The van der Waals surface area contributed by atoms with Crippen molar-refractivity contribution in [2.45, 2.75) is 63.1 Å². The standard InChI is InChI=1S/C24H29F3N6O/c25-24(26,27)20-28-3-4-31(20)10-15-6-22(7-15)11-32(12-22)21(34)33-13-23(14-33)8-17(9-23)19-5-18(29-30-19)16-1-2-16/h3-5,15-17H,1-2,6-14H2,(H,29,30). The van der Waals surface area contributed by atoms with Gasteiger partial charge in [-0.25, -0.2) is 9.78 Å². The molecule has 10 heteroatoms. The molecule has 1 N–H and O–H groups in total. The molecular weight excluding hydrogens is 445 g/mol. The molecule has 2 saturated heterocycles. The average molecular weight is 475 g/mol. The number of hydrogen-bond donors (Lipinski definition) is 1. The first-order valence-corrected chi connectivity index (χ1v) is 12.4. The van der Waals surface area contributed by atoms with E-state index in [-0.39, 0.29) is 22.8 Å². The lowest BCUT2D eigenvalue weighted by atomic mass is 9.56. The molecule has 7 nitrogen and oxygen atoms in total. The molecule has 0 aromatic carbocycles. The number of carbonyl (C=O) groups excluding carboxylic acids is 1. The third-order valence-electron chi connectivity index (χ3n) is 8.93. The molecule has 5 fully saturated rings. The average Bonchev–Trinajstić information content (AvgIpc) is 3.19. The molecule has 7 rings (SSSR count). The van der Waals surface area contributed by atoms with Gasteiger partial charge in [0.1, 0.15) is 0 Å². The topological polar surface area (TPSA) is 70.1 Å². The fourth-order valence-electron chi connectivity index (χ4n) is 7.15. The summed E-state index contributed by atoms with van der Waals surface area (Å²) in [5, 5.41) is 7.71. The summed E-state index contributed by atoms with van der Waals surface area (Å²) in [6.45, 7) is 3.52. The number of carbonyl (C=O) groups is 1. The van der Waals surface area contributed by atoms with Crippen LogP contribution in [0.15, 0.2) is 18.5 Å². The van der Waals surface area contributed by atoms with Crippen molar-refractivity contribution in [3.63, 3.8) is 0 Å². The molecule has 4 heterocycles. The van der Waals surface area contributed by atoms with Crippen molar-refractivity contribution >= 4 is 6.03 Å². The maximum Gasteiger partial charge on any atom is 0.449 e. The lowest BCUT2D eigenvalue weighted by molar-refractivity contribution is -0.148. The van der Waals surface area contributed by atoms with Crippen molar-refractivity contribution in [1.29, 1.82) is 0 Å². The second kappa shape index (κ2) is 6.79. The number of H-pyrrole nitrogens is 1. The number of aromatic nitrogens is 4. The van der Waals surface area contributed by atoms with Gasteiger partial charge in [0, 0.05) is 73.5 Å². The second-order valence-corrected chi connectivity index (χ2v) is 11.8. The smallest absolute Gasteiger partial charge is 0.327 e. The molecule has 0 atom stereocenters. The summed E-state index contributed by atoms with van der Waals surface area (Å²) in [5.41, 5.74) is 2.89. The normalized spacial score (nSPS) is 25.7. The fourth-order valence-corrected chi connectivity index (χ4v) is 7.15. The van der Waals surface area contributed by atoms with E-state index in [1.165, 1.54) is 41.2 Å². The summed E-state index contributed by atoms with van der Waals surface area (Å²) in [7, 11) is 0. The Labute approximate surface area is 195 Å². The molecular formula is C24H29F3N6O. The highest BCUT2D eigenvalue weighted by atomic mass is 19.4. The van der Waals surface area contributed by atoms with Gasteiger partial charge in [0.05, 0.1) is 5.69 Å². The molecule has 0 bridgehead atoms.